The largest absolute Gasteiger partial charge is 0.321 e. The molecule has 0 radical (unpaired) electrons. The van der Waals surface area contributed by atoms with Crippen molar-refractivity contribution >= 4 is 6.03 Å². The summed E-state index contributed by atoms with van der Waals surface area (Å²) in [7, 11) is 0. The van der Waals surface area contributed by atoms with Gasteiger partial charge in [-0.1, -0.05) is 49.2 Å². The van der Waals surface area contributed by atoms with Crippen molar-refractivity contribution in [1.29, 1.82) is 0 Å². The molecule has 0 saturated heterocycles. The molecule has 1 fully saturated rings. The van der Waals surface area contributed by atoms with Crippen LogP contribution in [-0.4, -0.2) is 17.5 Å². The molecule has 0 aromatic heterocycles. The molecule has 0 atom stereocenters. The molecule has 108 valence electrons. The lowest BCUT2D eigenvalue weighted by atomic mass is 10.1. The van der Waals surface area contributed by atoms with E-state index >= 15 is 0 Å². The Morgan fingerprint density at radius 3 is 2.65 bits per heavy atom. The van der Waals surface area contributed by atoms with Crippen molar-refractivity contribution in [3.63, 3.8) is 0 Å². The standard InChI is InChI=1S/C17H24N2O/c1-2-19(14-16-10-4-3-5-11-16)17(20)18-13-12-15-8-6-7-9-15/h3-5,10-13,15H,2,6-9,14H2,1H3,(H,18,20)/b13-12+. The third-order valence-electron chi connectivity index (χ3n) is 3.86. The van der Waals surface area contributed by atoms with Crippen molar-refractivity contribution < 1.29 is 4.79 Å². The molecule has 0 heterocycles. The van der Waals surface area contributed by atoms with Gasteiger partial charge in [0.15, 0.2) is 0 Å². The maximum absolute atomic E-state index is 12.1. The van der Waals surface area contributed by atoms with Gasteiger partial charge in [-0.25, -0.2) is 4.79 Å². The van der Waals surface area contributed by atoms with Crippen LogP contribution in [0.5, 0.6) is 0 Å². The van der Waals surface area contributed by atoms with E-state index < -0.39 is 0 Å². The van der Waals surface area contributed by atoms with Gasteiger partial charge in [0, 0.05) is 19.3 Å². The number of allylic oxidation sites excluding steroid dienone is 1. The van der Waals surface area contributed by atoms with Gasteiger partial charge in [-0.15, -0.1) is 0 Å². The number of urea groups is 1. The SMILES string of the molecule is CCN(Cc1ccccc1)C(=O)N/C=C/C1CCCC1. The van der Waals surface area contributed by atoms with Crippen LogP contribution in [0.25, 0.3) is 0 Å². The summed E-state index contributed by atoms with van der Waals surface area (Å²) in [5, 5.41) is 2.89. The number of nitrogens with zero attached hydrogens (tertiary/aromatic N) is 1. The molecule has 3 nitrogen and oxygen atoms in total. The van der Waals surface area contributed by atoms with Crippen molar-refractivity contribution in [1.82, 2.24) is 10.2 Å². The van der Waals surface area contributed by atoms with Gasteiger partial charge in [0.05, 0.1) is 0 Å². The Morgan fingerprint density at radius 2 is 2.00 bits per heavy atom. The molecule has 0 bridgehead atoms. The second-order valence-corrected chi connectivity index (χ2v) is 5.35. The zero-order valence-corrected chi connectivity index (χ0v) is 12.2. The first-order valence-corrected chi connectivity index (χ1v) is 7.55. The smallest absolute Gasteiger partial charge is 0.321 e. The minimum atomic E-state index is -0.0226. The molecule has 2 rings (SSSR count). The summed E-state index contributed by atoms with van der Waals surface area (Å²) in [6.07, 6.45) is 9.12. The zero-order chi connectivity index (χ0) is 14.2. The van der Waals surface area contributed by atoms with Gasteiger partial charge in [0.25, 0.3) is 0 Å². The number of benzene rings is 1. The first kappa shape index (κ1) is 14.6. The van der Waals surface area contributed by atoms with E-state index in [9.17, 15) is 4.79 Å². The Labute approximate surface area is 121 Å². The van der Waals surface area contributed by atoms with Crippen LogP contribution < -0.4 is 5.32 Å². The Balaban J connectivity index is 1.82. The molecule has 1 aliphatic rings. The summed E-state index contributed by atoms with van der Waals surface area (Å²) in [5.74, 6) is 0.652. The third-order valence-corrected chi connectivity index (χ3v) is 3.86. The predicted octanol–water partition coefficient (Wildman–Crippen LogP) is 3.92. The highest BCUT2D eigenvalue weighted by Gasteiger charge is 2.13. The number of rotatable bonds is 5. The molecule has 1 aromatic rings. The molecule has 1 aromatic carbocycles. The van der Waals surface area contributed by atoms with E-state index in [4.69, 9.17) is 0 Å². The maximum atomic E-state index is 12.1. The van der Waals surface area contributed by atoms with Gasteiger partial charge < -0.3 is 10.2 Å². The molecule has 0 spiro atoms. The summed E-state index contributed by atoms with van der Waals surface area (Å²) in [6, 6.07) is 10.1. The second-order valence-electron chi connectivity index (χ2n) is 5.35. The first-order valence-electron chi connectivity index (χ1n) is 7.55. The van der Waals surface area contributed by atoms with Gasteiger partial charge in [-0.3, -0.25) is 0 Å². The number of hydrogen-bond donors (Lipinski definition) is 1. The quantitative estimate of drug-likeness (QED) is 0.865. The van der Waals surface area contributed by atoms with E-state index in [2.05, 4.69) is 11.4 Å². The van der Waals surface area contributed by atoms with Crippen LogP contribution in [-0.2, 0) is 6.54 Å². The van der Waals surface area contributed by atoms with Crippen LogP contribution in [0.2, 0.25) is 0 Å². The van der Waals surface area contributed by atoms with Crippen LogP contribution in [0.15, 0.2) is 42.6 Å². The number of carbonyl (C=O) groups is 1. The molecule has 0 aliphatic heterocycles. The third kappa shape index (κ3) is 4.41. The number of hydrogen-bond acceptors (Lipinski definition) is 1. The summed E-state index contributed by atoms with van der Waals surface area (Å²) in [5.41, 5.74) is 1.16. The number of carbonyl (C=O) groups excluding carboxylic acids is 1. The number of nitrogens with one attached hydrogen (secondary N) is 1. The Morgan fingerprint density at radius 1 is 1.30 bits per heavy atom. The lowest BCUT2D eigenvalue weighted by molar-refractivity contribution is 0.202. The first-order chi connectivity index (χ1) is 9.79. The molecule has 3 heteroatoms. The van der Waals surface area contributed by atoms with E-state index in [0.29, 0.717) is 19.0 Å². The van der Waals surface area contributed by atoms with Gasteiger partial charge in [-0.2, -0.15) is 0 Å². The van der Waals surface area contributed by atoms with Crippen LogP contribution in [0.4, 0.5) is 4.79 Å². The van der Waals surface area contributed by atoms with Gasteiger partial charge >= 0.3 is 6.03 Å². The van der Waals surface area contributed by atoms with E-state index in [1.165, 1.54) is 25.7 Å². The lowest BCUT2D eigenvalue weighted by Crippen LogP contribution is -2.36. The minimum Gasteiger partial charge on any atom is -0.321 e. The van der Waals surface area contributed by atoms with E-state index in [1.807, 2.05) is 48.4 Å². The zero-order valence-electron chi connectivity index (χ0n) is 12.2. The lowest BCUT2D eigenvalue weighted by Gasteiger charge is -2.20. The topological polar surface area (TPSA) is 32.3 Å². The van der Waals surface area contributed by atoms with Crippen LogP contribution in [0.1, 0.15) is 38.2 Å². The average molecular weight is 272 g/mol. The van der Waals surface area contributed by atoms with Crippen molar-refractivity contribution in [3.8, 4) is 0 Å². The number of amides is 2. The highest BCUT2D eigenvalue weighted by molar-refractivity contribution is 5.75. The summed E-state index contributed by atoms with van der Waals surface area (Å²) in [6.45, 7) is 3.36. The fourth-order valence-corrected chi connectivity index (χ4v) is 2.63. The Hall–Kier alpha value is -1.77. The predicted molar refractivity (Wildman–Crippen MR) is 82.2 cm³/mol. The highest BCUT2D eigenvalue weighted by Crippen LogP contribution is 2.25. The van der Waals surface area contributed by atoms with Gasteiger partial charge in [0.2, 0.25) is 0 Å². The van der Waals surface area contributed by atoms with E-state index in [-0.39, 0.29) is 6.03 Å². The normalized spacial score (nSPS) is 15.7. The van der Waals surface area contributed by atoms with Crippen molar-refractivity contribution in [2.24, 2.45) is 5.92 Å². The van der Waals surface area contributed by atoms with Gasteiger partial charge in [0.1, 0.15) is 0 Å². The Bertz CT molecular complexity index is 436. The molecule has 0 unspecified atom stereocenters. The molecular formula is C17H24N2O. The van der Waals surface area contributed by atoms with E-state index in [1.54, 1.807) is 0 Å². The summed E-state index contributed by atoms with van der Waals surface area (Å²) < 4.78 is 0. The van der Waals surface area contributed by atoms with Gasteiger partial charge in [-0.05, 0) is 31.2 Å². The minimum absolute atomic E-state index is 0.0226. The summed E-state index contributed by atoms with van der Waals surface area (Å²) >= 11 is 0. The fraction of sp³-hybridized carbons (Fsp3) is 0.471. The second kappa shape index (κ2) is 7.73. The molecule has 1 N–H and O–H groups in total. The van der Waals surface area contributed by atoms with Crippen LogP contribution in [0.3, 0.4) is 0 Å². The van der Waals surface area contributed by atoms with Crippen molar-refractivity contribution in [2.75, 3.05) is 6.54 Å². The van der Waals surface area contributed by atoms with Crippen molar-refractivity contribution in [3.05, 3.63) is 48.2 Å². The molecular weight excluding hydrogens is 248 g/mol. The van der Waals surface area contributed by atoms with E-state index in [0.717, 1.165) is 5.56 Å². The highest BCUT2D eigenvalue weighted by atomic mass is 16.2. The maximum Gasteiger partial charge on any atom is 0.321 e. The molecule has 20 heavy (non-hydrogen) atoms. The Kier molecular flexibility index (Phi) is 5.66. The van der Waals surface area contributed by atoms with Crippen LogP contribution >= 0.6 is 0 Å². The average Bonchev–Trinajstić information content (AvgIpc) is 2.99. The van der Waals surface area contributed by atoms with Crippen molar-refractivity contribution in [2.45, 2.75) is 39.2 Å². The summed E-state index contributed by atoms with van der Waals surface area (Å²) in [4.78, 5) is 13.9. The molecule has 1 aliphatic carbocycles. The molecule has 2 amide bonds. The monoisotopic (exact) mass is 272 g/mol. The fourth-order valence-electron chi connectivity index (χ4n) is 2.63. The molecule has 1 saturated carbocycles. The van der Waals surface area contributed by atoms with Crippen LogP contribution in [0, 0.1) is 5.92 Å².